The highest BCUT2D eigenvalue weighted by Crippen LogP contribution is 2.31. The Morgan fingerprint density at radius 2 is 2.00 bits per heavy atom. The van der Waals surface area contributed by atoms with Crippen LogP contribution >= 0.6 is 0 Å². The molecule has 0 aromatic heterocycles. The van der Waals surface area contributed by atoms with Gasteiger partial charge in [0.15, 0.2) is 0 Å². The predicted octanol–water partition coefficient (Wildman–Crippen LogP) is 1.48. The Hall–Kier alpha value is -2.64. The first-order valence-corrected chi connectivity index (χ1v) is 7.84. The molecule has 8 heteroatoms. The summed E-state index contributed by atoms with van der Waals surface area (Å²) < 4.78 is 14.1. The molecule has 1 saturated heterocycles. The Labute approximate surface area is 137 Å². The van der Waals surface area contributed by atoms with E-state index in [-0.39, 0.29) is 11.6 Å². The van der Waals surface area contributed by atoms with Crippen LogP contribution in [-0.4, -0.2) is 41.6 Å². The summed E-state index contributed by atoms with van der Waals surface area (Å²) in [5.74, 6) is -2.64. The number of amides is 3. The fraction of sp³-hybridized carbons (Fsp3) is 0.438. The molecule has 3 N–H and O–H groups in total. The molecular weight excluding hydrogens is 317 g/mol. The average Bonchev–Trinajstić information content (AvgIpc) is 3.18. The van der Waals surface area contributed by atoms with Gasteiger partial charge < -0.3 is 15.7 Å². The van der Waals surface area contributed by atoms with Gasteiger partial charge in [-0.05, 0) is 31.0 Å². The van der Waals surface area contributed by atoms with Crippen LogP contribution in [0.5, 0.6) is 0 Å². The molecule has 2 aliphatic rings. The predicted molar refractivity (Wildman–Crippen MR) is 83.4 cm³/mol. The van der Waals surface area contributed by atoms with Gasteiger partial charge in [-0.15, -0.1) is 0 Å². The van der Waals surface area contributed by atoms with E-state index in [1.165, 1.54) is 17.0 Å². The van der Waals surface area contributed by atoms with Crippen LogP contribution in [0.1, 0.15) is 36.0 Å². The van der Waals surface area contributed by atoms with E-state index in [1.807, 2.05) is 0 Å². The summed E-state index contributed by atoms with van der Waals surface area (Å²) in [6.45, 7) is 0.893. The molecule has 1 saturated carbocycles. The number of urea groups is 1. The molecule has 1 aliphatic heterocycles. The number of anilines is 1. The molecule has 0 atom stereocenters. The zero-order valence-corrected chi connectivity index (χ0v) is 13.0. The van der Waals surface area contributed by atoms with Crippen molar-refractivity contribution >= 4 is 23.6 Å². The highest BCUT2D eigenvalue weighted by Gasteiger charge is 2.43. The molecule has 7 nitrogen and oxygen atoms in total. The van der Waals surface area contributed by atoms with Gasteiger partial charge in [0.2, 0.25) is 0 Å². The van der Waals surface area contributed by atoms with Crippen molar-refractivity contribution in [3.05, 3.63) is 29.6 Å². The smallest absolute Gasteiger partial charge is 0.329 e. The Bertz CT molecular complexity index is 701. The molecule has 3 rings (SSSR count). The first-order chi connectivity index (χ1) is 11.4. The van der Waals surface area contributed by atoms with Gasteiger partial charge in [-0.2, -0.15) is 0 Å². The molecule has 0 unspecified atom stereocenters. The molecular formula is C16H18FN3O4. The number of hydrogen-bond donors (Lipinski definition) is 3. The molecule has 1 heterocycles. The van der Waals surface area contributed by atoms with Crippen molar-refractivity contribution in [3.8, 4) is 0 Å². The van der Waals surface area contributed by atoms with Crippen molar-refractivity contribution in [1.29, 1.82) is 0 Å². The fourth-order valence-corrected chi connectivity index (χ4v) is 3.23. The number of nitrogens with one attached hydrogen (secondary N) is 2. The number of benzene rings is 1. The van der Waals surface area contributed by atoms with Crippen LogP contribution < -0.4 is 15.5 Å². The van der Waals surface area contributed by atoms with Crippen molar-refractivity contribution < 1.29 is 23.9 Å². The first kappa shape index (κ1) is 16.2. The van der Waals surface area contributed by atoms with E-state index in [4.69, 9.17) is 0 Å². The number of carbonyl (C=O) groups excluding carboxylic acids is 2. The van der Waals surface area contributed by atoms with Gasteiger partial charge in [-0.1, -0.05) is 12.8 Å². The SMILES string of the molecule is O=C(NC1(C(=O)O)CCCC1)c1cc(N2CCNC2=O)ccc1F. The van der Waals surface area contributed by atoms with E-state index in [9.17, 15) is 23.9 Å². The first-order valence-electron chi connectivity index (χ1n) is 7.84. The van der Waals surface area contributed by atoms with Crippen molar-refractivity contribution in [1.82, 2.24) is 10.6 Å². The number of rotatable bonds is 4. The third-order valence-corrected chi connectivity index (χ3v) is 4.58. The molecule has 128 valence electrons. The lowest BCUT2D eigenvalue weighted by Crippen LogP contribution is -2.52. The number of carboxylic acid groups (broad SMARTS) is 1. The molecule has 2 fully saturated rings. The second kappa shape index (κ2) is 6.10. The van der Waals surface area contributed by atoms with Crippen LogP contribution in [0.3, 0.4) is 0 Å². The highest BCUT2D eigenvalue weighted by molar-refractivity contribution is 6.00. The second-order valence-corrected chi connectivity index (χ2v) is 6.10. The zero-order valence-electron chi connectivity index (χ0n) is 13.0. The maximum absolute atomic E-state index is 14.1. The Morgan fingerprint density at radius 1 is 1.29 bits per heavy atom. The molecule has 0 spiro atoms. The van der Waals surface area contributed by atoms with Crippen molar-refractivity contribution in [2.24, 2.45) is 0 Å². The zero-order chi connectivity index (χ0) is 17.3. The monoisotopic (exact) mass is 335 g/mol. The number of carboxylic acids is 1. The van der Waals surface area contributed by atoms with Gasteiger partial charge in [0, 0.05) is 18.8 Å². The average molecular weight is 335 g/mol. The summed E-state index contributed by atoms with van der Waals surface area (Å²) in [7, 11) is 0. The maximum Gasteiger partial charge on any atom is 0.329 e. The minimum atomic E-state index is -1.34. The lowest BCUT2D eigenvalue weighted by molar-refractivity contribution is -0.144. The topological polar surface area (TPSA) is 98.7 Å². The summed E-state index contributed by atoms with van der Waals surface area (Å²) >= 11 is 0. The van der Waals surface area contributed by atoms with E-state index < -0.39 is 23.2 Å². The van der Waals surface area contributed by atoms with Gasteiger partial charge in [0.1, 0.15) is 11.4 Å². The molecule has 0 radical (unpaired) electrons. The fourth-order valence-electron chi connectivity index (χ4n) is 3.23. The number of nitrogens with zero attached hydrogens (tertiary/aromatic N) is 1. The summed E-state index contributed by atoms with van der Waals surface area (Å²) in [6.07, 6.45) is 2.04. The minimum Gasteiger partial charge on any atom is -0.480 e. The van der Waals surface area contributed by atoms with Gasteiger partial charge in [0.25, 0.3) is 5.91 Å². The molecule has 1 aromatic carbocycles. The minimum absolute atomic E-state index is 0.264. The van der Waals surface area contributed by atoms with Crippen molar-refractivity contribution in [2.45, 2.75) is 31.2 Å². The van der Waals surface area contributed by atoms with Crippen LogP contribution in [-0.2, 0) is 4.79 Å². The van der Waals surface area contributed by atoms with Crippen molar-refractivity contribution in [3.63, 3.8) is 0 Å². The van der Waals surface area contributed by atoms with E-state index in [1.54, 1.807) is 0 Å². The second-order valence-electron chi connectivity index (χ2n) is 6.10. The van der Waals surface area contributed by atoms with E-state index in [0.717, 1.165) is 6.07 Å². The Morgan fingerprint density at radius 3 is 2.58 bits per heavy atom. The molecule has 0 bridgehead atoms. The highest BCUT2D eigenvalue weighted by atomic mass is 19.1. The molecule has 3 amide bonds. The summed E-state index contributed by atoms with van der Waals surface area (Å²) in [4.78, 5) is 37.1. The molecule has 24 heavy (non-hydrogen) atoms. The lowest BCUT2D eigenvalue weighted by atomic mass is 9.97. The van der Waals surface area contributed by atoms with Crippen LogP contribution in [0.25, 0.3) is 0 Å². The van der Waals surface area contributed by atoms with E-state index in [2.05, 4.69) is 10.6 Å². The van der Waals surface area contributed by atoms with Crippen LogP contribution in [0.4, 0.5) is 14.9 Å². The number of carbonyl (C=O) groups is 3. The number of hydrogen-bond acceptors (Lipinski definition) is 3. The van der Waals surface area contributed by atoms with Gasteiger partial charge in [-0.25, -0.2) is 14.0 Å². The number of aliphatic carboxylic acids is 1. The van der Waals surface area contributed by atoms with Gasteiger partial charge in [-0.3, -0.25) is 9.69 Å². The standard InChI is InChI=1S/C16H18FN3O4/c17-12-4-3-10(20-8-7-18-15(20)24)9-11(12)13(21)19-16(14(22)23)5-1-2-6-16/h3-4,9H,1-2,5-8H2,(H,18,24)(H,19,21)(H,22,23). The third kappa shape index (κ3) is 2.79. The normalized spacial score (nSPS) is 19.2. The Kier molecular flexibility index (Phi) is 4.13. The Balaban J connectivity index is 1.86. The summed E-state index contributed by atoms with van der Waals surface area (Å²) in [6, 6.07) is 3.49. The largest absolute Gasteiger partial charge is 0.480 e. The van der Waals surface area contributed by atoms with Crippen molar-refractivity contribution in [2.75, 3.05) is 18.0 Å². The summed E-state index contributed by atoms with van der Waals surface area (Å²) in [5, 5.41) is 14.5. The van der Waals surface area contributed by atoms with E-state index >= 15 is 0 Å². The molecule has 1 aromatic rings. The van der Waals surface area contributed by atoms with E-state index in [0.29, 0.717) is 44.5 Å². The van der Waals surface area contributed by atoms with Crippen LogP contribution in [0, 0.1) is 5.82 Å². The third-order valence-electron chi connectivity index (χ3n) is 4.58. The lowest BCUT2D eigenvalue weighted by Gasteiger charge is -2.25. The number of halogens is 1. The van der Waals surface area contributed by atoms with Gasteiger partial charge in [0.05, 0.1) is 5.56 Å². The van der Waals surface area contributed by atoms with Crippen LogP contribution in [0.15, 0.2) is 18.2 Å². The quantitative estimate of drug-likeness (QED) is 0.776. The maximum atomic E-state index is 14.1. The summed E-state index contributed by atoms with van der Waals surface area (Å²) in [5.41, 5.74) is -1.21. The van der Waals surface area contributed by atoms with Gasteiger partial charge >= 0.3 is 12.0 Å². The van der Waals surface area contributed by atoms with Crippen LogP contribution in [0.2, 0.25) is 0 Å². The molecule has 1 aliphatic carbocycles.